The van der Waals surface area contributed by atoms with Gasteiger partial charge < -0.3 is 4.98 Å². The van der Waals surface area contributed by atoms with Gasteiger partial charge in [-0.1, -0.05) is 45.0 Å². The van der Waals surface area contributed by atoms with Gasteiger partial charge in [-0.3, -0.25) is 25.2 Å². The molecule has 3 rings (SSSR count). The van der Waals surface area contributed by atoms with Gasteiger partial charge in [0.1, 0.15) is 5.56 Å². The molecule has 0 unspecified atom stereocenters. The third kappa shape index (κ3) is 3.89. The first-order valence-electron chi connectivity index (χ1n) is 8.59. The monoisotopic (exact) mass is 363 g/mol. The van der Waals surface area contributed by atoms with E-state index in [9.17, 15) is 14.4 Å². The smallest absolute Gasteiger partial charge is 0.275 e. The molecule has 0 atom stereocenters. The van der Waals surface area contributed by atoms with Crippen molar-refractivity contribution in [3.05, 3.63) is 81.6 Å². The summed E-state index contributed by atoms with van der Waals surface area (Å²) in [5, 5.41) is 0.411. The van der Waals surface area contributed by atoms with E-state index in [4.69, 9.17) is 0 Å². The van der Waals surface area contributed by atoms with Gasteiger partial charge in [-0.25, -0.2) is 0 Å². The molecule has 0 saturated heterocycles. The molecule has 0 spiro atoms. The van der Waals surface area contributed by atoms with Crippen LogP contribution in [0.25, 0.3) is 10.9 Å². The normalized spacial score (nSPS) is 11.2. The molecule has 138 valence electrons. The lowest BCUT2D eigenvalue weighted by molar-refractivity contribution is 0.0846. The highest BCUT2D eigenvalue weighted by atomic mass is 16.2. The lowest BCUT2D eigenvalue weighted by atomic mass is 9.87. The average molecular weight is 363 g/mol. The number of hydrogen-bond acceptors (Lipinski definition) is 3. The number of fused-ring (bicyclic) bond motifs is 1. The number of nitrogens with one attached hydrogen (secondary N) is 3. The molecule has 6 heteroatoms. The van der Waals surface area contributed by atoms with Gasteiger partial charge in [0.2, 0.25) is 5.43 Å². The fraction of sp³-hybridized carbons (Fsp3) is 0.190. The van der Waals surface area contributed by atoms with E-state index in [-0.39, 0.29) is 11.0 Å². The summed E-state index contributed by atoms with van der Waals surface area (Å²) in [6, 6.07) is 14.1. The first-order valence-corrected chi connectivity index (χ1v) is 8.59. The third-order valence-corrected chi connectivity index (χ3v) is 4.34. The van der Waals surface area contributed by atoms with Gasteiger partial charge >= 0.3 is 0 Å². The van der Waals surface area contributed by atoms with Gasteiger partial charge in [-0.2, -0.15) is 0 Å². The largest absolute Gasteiger partial charge is 0.360 e. The molecule has 0 saturated carbocycles. The van der Waals surface area contributed by atoms with Gasteiger partial charge in [0.15, 0.2) is 0 Å². The van der Waals surface area contributed by atoms with Crippen LogP contribution in [-0.2, 0) is 5.41 Å². The number of hydrogen-bond donors (Lipinski definition) is 3. The predicted molar refractivity (Wildman–Crippen MR) is 105 cm³/mol. The fourth-order valence-corrected chi connectivity index (χ4v) is 2.71. The number of rotatable bonds is 2. The number of aromatic nitrogens is 1. The van der Waals surface area contributed by atoms with Gasteiger partial charge in [-0.15, -0.1) is 0 Å². The summed E-state index contributed by atoms with van der Waals surface area (Å²) >= 11 is 0. The summed E-state index contributed by atoms with van der Waals surface area (Å²) in [6.07, 6.45) is 1.34. The summed E-state index contributed by atoms with van der Waals surface area (Å²) in [6.45, 7) is 6.26. The van der Waals surface area contributed by atoms with Crippen LogP contribution < -0.4 is 16.3 Å². The summed E-state index contributed by atoms with van der Waals surface area (Å²) < 4.78 is 0. The number of pyridine rings is 1. The van der Waals surface area contributed by atoms with E-state index in [2.05, 4.69) is 36.6 Å². The zero-order chi connectivity index (χ0) is 19.6. The van der Waals surface area contributed by atoms with Gasteiger partial charge in [0.25, 0.3) is 11.8 Å². The number of carbonyl (C=O) groups is 2. The number of para-hydroxylation sites is 1. The molecule has 0 radical (unpaired) electrons. The molecule has 6 nitrogen and oxygen atoms in total. The number of benzene rings is 2. The minimum atomic E-state index is -0.679. The van der Waals surface area contributed by atoms with E-state index in [0.29, 0.717) is 16.5 Å². The quantitative estimate of drug-likeness (QED) is 0.612. The van der Waals surface area contributed by atoms with Crippen molar-refractivity contribution in [3.63, 3.8) is 0 Å². The number of H-pyrrole nitrogens is 1. The van der Waals surface area contributed by atoms with E-state index >= 15 is 0 Å². The Bertz CT molecular complexity index is 1060. The number of amides is 2. The SMILES string of the molecule is CC(C)(C)c1ccc(C(=O)NNC(=O)c2c[nH]c3ccccc3c2=O)cc1. The van der Waals surface area contributed by atoms with Crippen molar-refractivity contribution >= 4 is 22.7 Å². The van der Waals surface area contributed by atoms with Crippen LogP contribution in [0.3, 0.4) is 0 Å². The van der Waals surface area contributed by atoms with Crippen molar-refractivity contribution in [2.45, 2.75) is 26.2 Å². The van der Waals surface area contributed by atoms with Crippen molar-refractivity contribution in [3.8, 4) is 0 Å². The highest BCUT2D eigenvalue weighted by Crippen LogP contribution is 2.22. The van der Waals surface area contributed by atoms with E-state index in [1.807, 2.05) is 12.1 Å². The van der Waals surface area contributed by atoms with Crippen LogP contribution in [0.4, 0.5) is 0 Å². The lowest BCUT2D eigenvalue weighted by Crippen LogP contribution is -2.43. The molecule has 0 fully saturated rings. The maximum absolute atomic E-state index is 12.4. The van der Waals surface area contributed by atoms with Crippen molar-refractivity contribution in [1.29, 1.82) is 0 Å². The Balaban J connectivity index is 1.71. The summed E-state index contributed by atoms with van der Waals surface area (Å²) in [5.74, 6) is -1.14. The minimum absolute atomic E-state index is 0.0136. The van der Waals surface area contributed by atoms with E-state index in [1.165, 1.54) is 6.20 Å². The molecule has 0 aliphatic carbocycles. The van der Waals surface area contributed by atoms with Crippen LogP contribution in [0.15, 0.2) is 59.5 Å². The molecule has 1 heterocycles. The molecule has 3 N–H and O–H groups in total. The molecule has 2 aromatic carbocycles. The van der Waals surface area contributed by atoms with Gasteiger partial charge in [-0.05, 0) is 35.2 Å². The topological polar surface area (TPSA) is 91.1 Å². The Labute approximate surface area is 156 Å². The molecule has 0 aliphatic rings. The van der Waals surface area contributed by atoms with E-state index in [1.54, 1.807) is 36.4 Å². The number of carbonyl (C=O) groups excluding carboxylic acids is 2. The van der Waals surface area contributed by atoms with Gasteiger partial charge in [0, 0.05) is 22.7 Å². The van der Waals surface area contributed by atoms with Crippen molar-refractivity contribution < 1.29 is 9.59 Å². The zero-order valence-corrected chi connectivity index (χ0v) is 15.4. The fourth-order valence-electron chi connectivity index (χ4n) is 2.71. The molecule has 0 bridgehead atoms. The van der Waals surface area contributed by atoms with Crippen LogP contribution in [0.5, 0.6) is 0 Å². The van der Waals surface area contributed by atoms with E-state index in [0.717, 1.165) is 5.56 Å². The van der Waals surface area contributed by atoms with E-state index < -0.39 is 17.2 Å². The van der Waals surface area contributed by atoms with Crippen LogP contribution in [0.2, 0.25) is 0 Å². The minimum Gasteiger partial charge on any atom is -0.360 e. The lowest BCUT2D eigenvalue weighted by Gasteiger charge is -2.19. The van der Waals surface area contributed by atoms with Gasteiger partial charge in [0.05, 0.1) is 0 Å². The Hall–Kier alpha value is -3.41. The van der Waals surface area contributed by atoms with Crippen molar-refractivity contribution in [2.24, 2.45) is 0 Å². The van der Waals surface area contributed by atoms with Crippen LogP contribution in [-0.4, -0.2) is 16.8 Å². The molecular formula is C21H21N3O3. The molecular weight excluding hydrogens is 342 g/mol. The van der Waals surface area contributed by atoms with Crippen LogP contribution in [0.1, 0.15) is 47.1 Å². The Kier molecular flexibility index (Phi) is 4.81. The number of hydrazine groups is 1. The zero-order valence-electron chi connectivity index (χ0n) is 15.4. The maximum Gasteiger partial charge on any atom is 0.275 e. The molecule has 27 heavy (non-hydrogen) atoms. The third-order valence-electron chi connectivity index (χ3n) is 4.34. The Morgan fingerprint density at radius 2 is 1.52 bits per heavy atom. The molecule has 2 amide bonds. The summed E-state index contributed by atoms with van der Waals surface area (Å²) in [5.41, 5.74) is 6.30. The second-order valence-electron chi connectivity index (χ2n) is 7.31. The predicted octanol–water partition coefficient (Wildman–Crippen LogP) is 2.90. The number of aromatic amines is 1. The Morgan fingerprint density at radius 3 is 2.19 bits per heavy atom. The first kappa shape index (κ1) is 18.4. The van der Waals surface area contributed by atoms with Crippen LogP contribution >= 0.6 is 0 Å². The van der Waals surface area contributed by atoms with Crippen LogP contribution in [0, 0.1) is 0 Å². The molecule has 0 aliphatic heterocycles. The Morgan fingerprint density at radius 1 is 0.889 bits per heavy atom. The maximum atomic E-state index is 12.4. The molecule has 1 aromatic heterocycles. The van der Waals surface area contributed by atoms with Crippen molar-refractivity contribution in [1.82, 2.24) is 15.8 Å². The second-order valence-corrected chi connectivity index (χ2v) is 7.31. The first-order chi connectivity index (χ1) is 12.8. The summed E-state index contributed by atoms with van der Waals surface area (Å²) in [7, 11) is 0. The van der Waals surface area contributed by atoms with Crippen molar-refractivity contribution in [2.75, 3.05) is 0 Å². The summed E-state index contributed by atoms with van der Waals surface area (Å²) in [4.78, 5) is 39.8. The highest BCUT2D eigenvalue weighted by Gasteiger charge is 2.16. The second kappa shape index (κ2) is 7.07. The highest BCUT2D eigenvalue weighted by molar-refractivity contribution is 6.00. The standard InChI is InChI=1S/C21H21N3O3/c1-21(2,3)14-10-8-13(9-11-14)19(26)23-24-20(27)16-12-22-17-7-5-4-6-15(17)18(16)25/h4-12H,1-3H3,(H,22,25)(H,23,26)(H,24,27). The average Bonchev–Trinajstić information content (AvgIpc) is 2.66. The molecule has 3 aromatic rings.